The first-order valence-corrected chi connectivity index (χ1v) is 17.1. The molecular formula is C29H63N3O7P+. The second-order valence-corrected chi connectivity index (χ2v) is 13.5. The summed E-state index contributed by atoms with van der Waals surface area (Å²) in [5.41, 5.74) is 0. The highest BCUT2D eigenvalue weighted by Gasteiger charge is 2.34. The van der Waals surface area contributed by atoms with Crippen molar-refractivity contribution in [2.45, 2.75) is 122 Å². The lowest BCUT2D eigenvalue weighted by atomic mass is 10.0. The fourth-order valence-corrected chi connectivity index (χ4v) is 5.16. The van der Waals surface area contributed by atoms with Crippen LogP contribution in [0.1, 0.15) is 110 Å². The topological polar surface area (TPSA) is 118 Å². The van der Waals surface area contributed by atoms with Gasteiger partial charge in [-0.15, -0.1) is 0 Å². The number of amides is 1. The summed E-state index contributed by atoms with van der Waals surface area (Å²) < 4.78 is 27.9. The molecule has 0 fully saturated rings. The molecule has 3 atom stereocenters. The number of nitrogens with one attached hydrogen (secondary N) is 1. The minimum Gasteiger partial charge on any atom is -0.439 e. The molecule has 3 unspecified atom stereocenters. The smallest absolute Gasteiger partial charge is 0.439 e. The van der Waals surface area contributed by atoms with E-state index in [1.807, 2.05) is 33.1 Å². The average Bonchev–Trinajstić information content (AvgIpc) is 2.86. The highest BCUT2D eigenvalue weighted by Crippen LogP contribution is 2.44. The number of alkyl carbamates (subject to hydrolysis) is 1. The maximum Gasteiger partial charge on any atom is 0.474 e. The summed E-state index contributed by atoms with van der Waals surface area (Å²) in [5, 5.41) is 12.8. The standard InChI is InChI=1S/C29H62N3O7P/c1-7-8-9-10-11-12-13-14-15-16-17-18-19-20-21-22-23-31(3)26-27(38-29(34)30-2)28(33)39-40(35,36)37-25-24-32(4,5)6/h27-28,33H,7-26H2,1-6H3,(H-,30,34,35,36)/p+1. The number of nitrogens with zero attached hydrogens (tertiary/aromatic N) is 2. The molecule has 0 saturated carbocycles. The molecule has 0 heterocycles. The number of aliphatic hydroxyl groups is 1. The Labute approximate surface area is 245 Å². The third-order valence-electron chi connectivity index (χ3n) is 6.92. The van der Waals surface area contributed by atoms with Gasteiger partial charge in [0, 0.05) is 13.6 Å². The number of likely N-dealkylation sites (N-methyl/N-ethyl adjacent to an activating group) is 2. The Bertz CT molecular complexity index is 664. The number of hydrogen-bond acceptors (Lipinski definition) is 7. The summed E-state index contributed by atoms with van der Waals surface area (Å²) in [4.78, 5) is 23.7. The number of aliphatic hydroxyl groups excluding tert-OH is 1. The Kier molecular flexibility index (Phi) is 23.3. The predicted octanol–water partition coefficient (Wildman–Crippen LogP) is 6.06. The van der Waals surface area contributed by atoms with Crippen molar-refractivity contribution in [3.8, 4) is 0 Å². The number of phosphoric acid groups is 1. The molecule has 240 valence electrons. The molecular weight excluding hydrogens is 533 g/mol. The van der Waals surface area contributed by atoms with Crippen LogP contribution in [0, 0.1) is 0 Å². The molecule has 11 heteroatoms. The number of phosphoric ester groups is 1. The van der Waals surface area contributed by atoms with Crippen molar-refractivity contribution in [2.24, 2.45) is 0 Å². The van der Waals surface area contributed by atoms with E-state index in [0.717, 1.165) is 19.4 Å². The lowest BCUT2D eigenvalue weighted by Gasteiger charge is -2.28. The lowest BCUT2D eigenvalue weighted by Crippen LogP contribution is -2.43. The van der Waals surface area contributed by atoms with Crippen LogP contribution in [0.25, 0.3) is 0 Å². The van der Waals surface area contributed by atoms with Crippen molar-refractivity contribution < 1.29 is 37.6 Å². The summed E-state index contributed by atoms with van der Waals surface area (Å²) in [5.74, 6) is 0. The van der Waals surface area contributed by atoms with E-state index in [0.29, 0.717) is 11.0 Å². The fourth-order valence-electron chi connectivity index (χ4n) is 4.38. The molecule has 0 aliphatic heterocycles. The van der Waals surface area contributed by atoms with Crippen LogP contribution in [-0.4, -0.2) is 99.3 Å². The molecule has 0 aliphatic carbocycles. The van der Waals surface area contributed by atoms with Crippen LogP contribution in [0.3, 0.4) is 0 Å². The van der Waals surface area contributed by atoms with E-state index in [1.54, 1.807) is 0 Å². The summed E-state index contributed by atoms with van der Waals surface area (Å²) >= 11 is 0. The fraction of sp³-hybridized carbons (Fsp3) is 0.966. The number of ether oxygens (including phenoxy) is 1. The van der Waals surface area contributed by atoms with Crippen LogP contribution in [0.4, 0.5) is 4.79 Å². The highest BCUT2D eigenvalue weighted by atomic mass is 31.2. The maximum absolute atomic E-state index is 12.3. The van der Waals surface area contributed by atoms with Crippen LogP contribution in [0.15, 0.2) is 0 Å². The van der Waals surface area contributed by atoms with Gasteiger partial charge < -0.3 is 29.4 Å². The highest BCUT2D eigenvalue weighted by molar-refractivity contribution is 7.47. The van der Waals surface area contributed by atoms with Crippen LogP contribution >= 0.6 is 7.82 Å². The van der Waals surface area contributed by atoms with Gasteiger partial charge in [-0.05, 0) is 20.0 Å². The number of carbonyl (C=O) groups excluding carboxylic acids is 1. The van der Waals surface area contributed by atoms with E-state index in [2.05, 4.69) is 12.2 Å². The first kappa shape index (κ1) is 39.3. The summed E-state index contributed by atoms with van der Waals surface area (Å²) in [6, 6.07) is 0. The Morgan fingerprint density at radius 2 is 1.32 bits per heavy atom. The Balaban J connectivity index is 4.11. The number of unbranched alkanes of at least 4 members (excludes halogenated alkanes) is 15. The third kappa shape index (κ3) is 25.0. The van der Waals surface area contributed by atoms with Crippen LogP contribution in [0.5, 0.6) is 0 Å². The number of quaternary nitrogens is 1. The van der Waals surface area contributed by atoms with Gasteiger partial charge in [0.15, 0.2) is 6.10 Å². The second kappa shape index (κ2) is 23.8. The zero-order valence-electron chi connectivity index (χ0n) is 26.6. The first-order valence-electron chi connectivity index (χ1n) is 15.6. The monoisotopic (exact) mass is 596 g/mol. The molecule has 0 spiro atoms. The minimum atomic E-state index is -4.53. The normalized spacial score (nSPS) is 15.1. The van der Waals surface area contributed by atoms with Crippen molar-refractivity contribution in [1.29, 1.82) is 0 Å². The molecule has 0 aromatic carbocycles. The van der Waals surface area contributed by atoms with E-state index in [9.17, 15) is 19.4 Å². The molecule has 0 aliphatic rings. The zero-order chi connectivity index (χ0) is 30.3. The summed E-state index contributed by atoms with van der Waals surface area (Å²) in [6.45, 7) is 3.61. The van der Waals surface area contributed by atoms with Gasteiger partial charge >= 0.3 is 13.9 Å². The van der Waals surface area contributed by atoms with Crippen LogP contribution < -0.4 is 5.32 Å². The van der Waals surface area contributed by atoms with Crippen molar-refractivity contribution in [3.63, 3.8) is 0 Å². The molecule has 0 aromatic rings. The third-order valence-corrected chi connectivity index (χ3v) is 7.91. The Hall–Kier alpha value is -0.740. The summed E-state index contributed by atoms with van der Waals surface area (Å²) in [7, 11) is 4.49. The number of hydrogen-bond donors (Lipinski definition) is 3. The van der Waals surface area contributed by atoms with Gasteiger partial charge in [-0.3, -0.25) is 9.05 Å². The molecule has 0 aromatic heterocycles. The van der Waals surface area contributed by atoms with E-state index in [4.69, 9.17) is 13.8 Å². The first-order chi connectivity index (χ1) is 18.9. The predicted molar refractivity (Wildman–Crippen MR) is 162 cm³/mol. The average molecular weight is 597 g/mol. The van der Waals surface area contributed by atoms with Crippen molar-refractivity contribution in [1.82, 2.24) is 10.2 Å². The Morgan fingerprint density at radius 1 is 0.875 bits per heavy atom. The molecule has 3 N–H and O–H groups in total. The van der Waals surface area contributed by atoms with E-state index >= 15 is 0 Å². The van der Waals surface area contributed by atoms with Gasteiger partial charge in [-0.1, -0.05) is 103 Å². The van der Waals surface area contributed by atoms with Gasteiger partial charge in [-0.2, -0.15) is 0 Å². The molecule has 10 nitrogen and oxygen atoms in total. The molecule has 40 heavy (non-hydrogen) atoms. The number of rotatable bonds is 27. The molecule has 1 amide bonds. The van der Waals surface area contributed by atoms with Crippen molar-refractivity contribution >= 4 is 13.9 Å². The van der Waals surface area contributed by atoms with Gasteiger partial charge in [0.05, 0.1) is 21.1 Å². The van der Waals surface area contributed by atoms with Crippen molar-refractivity contribution in [2.75, 3.05) is 61.5 Å². The molecule has 0 bridgehead atoms. The van der Waals surface area contributed by atoms with Crippen LogP contribution in [-0.2, 0) is 18.3 Å². The summed E-state index contributed by atoms with van der Waals surface area (Å²) in [6.07, 6.45) is 17.2. The second-order valence-electron chi connectivity index (χ2n) is 12.1. The SMILES string of the molecule is CCCCCCCCCCCCCCCCCCN(C)CC(OC(=O)NC)C(O)OP(=O)(O)OCC[N+](C)(C)C. The maximum atomic E-state index is 12.3. The molecule has 0 rings (SSSR count). The van der Waals surface area contributed by atoms with E-state index in [-0.39, 0.29) is 13.2 Å². The zero-order valence-corrected chi connectivity index (χ0v) is 27.5. The van der Waals surface area contributed by atoms with Gasteiger partial charge in [-0.25, -0.2) is 9.36 Å². The molecule has 0 radical (unpaired) electrons. The quantitative estimate of drug-likeness (QED) is 0.0453. The van der Waals surface area contributed by atoms with E-state index in [1.165, 1.54) is 96.9 Å². The van der Waals surface area contributed by atoms with Gasteiger partial charge in [0.2, 0.25) is 6.29 Å². The Morgan fingerprint density at radius 3 is 1.75 bits per heavy atom. The van der Waals surface area contributed by atoms with Crippen molar-refractivity contribution in [3.05, 3.63) is 0 Å². The van der Waals surface area contributed by atoms with Crippen LogP contribution in [0.2, 0.25) is 0 Å². The molecule has 0 saturated heterocycles. The minimum absolute atomic E-state index is 0.0237. The van der Waals surface area contributed by atoms with Gasteiger partial charge in [0.25, 0.3) is 0 Å². The van der Waals surface area contributed by atoms with E-state index < -0.39 is 26.3 Å². The number of carbonyl (C=O) groups is 1. The largest absolute Gasteiger partial charge is 0.474 e. The van der Waals surface area contributed by atoms with Gasteiger partial charge in [0.1, 0.15) is 13.2 Å². The lowest BCUT2D eigenvalue weighted by molar-refractivity contribution is -0.870.